The second-order valence-corrected chi connectivity index (χ2v) is 8.54. The molecule has 0 atom stereocenters. The minimum absolute atomic E-state index is 0.0418. The van der Waals surface area contributed by atoms with Crippen molar-refractivity contribution in [3.63, 3.8) is 0 Å². The normalized spacial score (nSPS) is 10.4. The molecule has 5 N–H and O–H groups in total. The van der Waals surface area contributed by atoms with Crippen molar-refractivity contribution in [1.29, 1.82) is 5.26 Å². The zero-order valence-corrected chi connectivity index (χ0v) is 18.3. The van der Waals surface area contributed by atoms with Gasteiger partial charge in [-0.15, -0.1) is 0 Å². The molecule has 0 radical (unpaired) electrons. The Hall–Kier alpha value is -4.07. The summed E-state index contributed by atoms with van der Waals surface area (Å²) < 4.78 is 31.3. The predicted octanol–water partition coefficient (Wildman–Crippen LogP) is 2.56. The Balaban J connectivity index is 0.000000534. The van der Waals surface area contributed by atoms with Gasteiger partial charge in [-0.2, -0.15) is 5.26 Å². The molecular formula is C22H23N5O4S. The maximum atomic E-state index is 12.8. The van der Waals surface area contributed by atoms with Gasteiger partial charge in [-0.05, 0) is 30.3 Å². The largest absolute Gasteiger partial charge is 0.454 e. The highest BCUT2D eigenvalue weighted by Gasteiger charge is 2.21. The summed E-state index contributed by atoms with van der Waals surface area (Å²) in [6, 6.07) is 19.1. The standard InChI is InChI=1S/C19H15N3O3S.C3H8N2O/c20-12-13-6-4-5-9-17(13)25-18-11-15(10-16(21)19(18)22)26(23,24)14-7-2-1-3-8-14;1-5(2)4-3-6/h1-11H,21-22H2;3H,1-2H3,(H,4,6). The van der Waals surface area contributed by atoms with Gasteiger partial charge >= 0.3 is 0 Å². The van der Waals surface area contributed by atoms with Crippen molar-refractivity contribution >= 4 is 27.6 Å². The topological polar surface area (TPSA) is 152 Å². The Morgan fingerprint density at radius 3 is 2.16 bits per heavy atom. The van der Waals surface area contributed by atoms with Gasteiger partial charge in [0.1, 0.15) is 11.8 Å². The third kappa shape index (κ3) is 5.98. The Morgan fingerprint density at radius 1 is 0.969 bits per heavy atom. The summed E-state index contributed by atoms with van der Waals surface area (Å²) in [5.74, 6) is 0.331. The Labute approximate surface area is 186 Å². The average molecular weight is 454 g/mol. The minimum Gasteiger partial charge on any atom is -0.454 e. The third-order valence-electron chi connectivity index (χ3n) is 4.05. The summed E-state index contributed by atoms with van der Waals surface area (Å²) in [6.45, 7) is 0. The van der Waals surface area contributed by atoms with Crippen LogP contribution in [0.1, 0.15) is 5.56 Å². The van der Waals surface area contributed by atoms with Crippen LogP contribution < -0.4 is 21.6 Å². The molecule has 3 aromatic carbocycles. The van der Waals surface area contributed by atoms with Crippen molar-refractivity contribution in [2.24, 2.45) is 0 Å². The molecule has 0 unspecified atom stereocenters. The lowest BCUT2D eigenvalue weighted by atomic mass is 10.2. The highest BCUT2D eigenvalue weighted by molar-refractivity contribution is 7.91. The number of ether oxygens (including phenoxy) is 1. The summed E-state index contributed by atoms with van der Waals surface area (Å²) >= 11 is 0. The van der Waals surface area contributed by atoms with Crippen LogP contribution in [-0.4, -0.2) is 33.9 Å². The smallest absolute Gasteiger partial charge is 0.221 e. The number of sulfone groups is 1. The molecule has 9 nitrogen and oxygen atoms in total. The number of para-hydroxylation sites is 1. The molecule has 0 saturated heterocycles. The van der Waals surface area contributed by atoms with Crippen LogP contribution in [0.5, 0.6) is 11.5 Å². The fraction of sp³-hybridized carbons (Fsp3) is 0.0909. The van der Waals surface area contributed by atoms with E-state index < -0.39 is 9.84 Å². The van der Waals surface area contributed by atoms with Crippen molar-refractivity contribution in [3.05, 3.63) is 72.3 Å². The van der Waals surface area contributed by atoms with Gasteiger partial charge in [0.05, 0.1) is 26.7 Å². The lowest BCUT2D eigenvalue weighted by Crippen LogP contribution is -2.28. The molecule has 0 saturated carbocycles. The molecule has 0 aliphatic heterocycles. The number of hydrogen-bond acceptors (Lipinski definition) is 8. The average Bonchev–Trinajstić information content (AvgIpc) is 2.78. The SMILES string of the molecule is CN(C)NC=O.N#Cc1ccccc1Oc1cc(S(=O)(=O)c2ccccc2)cc(N)c1N. The molecule has 3 aromatic rings. The van der Waals surface area contributed by atoms with Crippen LogP contribution in [0.2, 0.25) is 0 Å². The van der Waals surface area contributed by atoms with Crippen molar-refractivity contribution in [1.82, 2.24) is 10.4 Å². The van der Waals surface area contributed by atoms with Crippen LogP contribution in [0, 0.1) is 11.3 Å². The summed E-state index contributed by atoms with van der Waals surface area (Å²) in [5.41, 5.74) is 14.7. The lowest BCUT2D eigenvalue weighted by Gasteiger charge is -2.14. The number of hydrogen-bond donors (Lipinski definition) is 3. The molecule has 0 aliphatic rings. The maximum absolute atomic E-state index is 12.8. The van der Waals surface area contributed by atoms with E-state index in [2.05, 4.69) is 5.43 Å². The molecule has 10 heteroatoms. The Morgan fingerprint density at radius 2 is 1.59 bits per heavy atom. The number of nitrogens with one attached hydrogen (secondary N) is 1. The molecule has 0 aromatic heterocycles. The zero-order chi connectivity index (χ0) is 23.7. The molecule has 166 valence electrons. The van der Waals surface area contributed by atoms with E-state index in [1.807, 2.05) is 6.07 Å². The van der Waals surface area contributed by atoms with E-state index in [0.29, 0.717) is 12.0 Å². The van der Waals surface area contributed by atoms with Gasteiger partial charge in [0, 0.05) is 20.2 Å². The van der Waals surface area contributed by atoms with Gasteiger partial charge in [0.2, 0.25) is 16.2 Å². The summed E-state index contributed by atoms with van der Waals surface area (Å²) in [7, 11) is -0.300. The second-order valence-electron chi connectivity index (χ2n) is 6.59. The predicted molar refractivity (Wildman–Crippen MR) is 121 cm³/mol. The van der Waals surface area contributed by atoms with Crippen LogP contribution in [0.25, 0.3) is 0 Å². The van der Waals surface area contributed by atoms with Crippen LogP contribution in [0.15, 0.2) is 76.5 Å². The van der Waals surface area contributed by atoms with Crippen LogP contribution in [0.4, 0.5) is 11.4 Å². The van der Waals surface area contributed by atoms with Crippen molar-refractivity contribution in [2.45, 2.75) is 9.79 Å². The molecule has 1 amide bonds. The van der Waals surface area contributed by atoms with Gasteiger partial charge in [-0.1, -0.05) is 30.3 Å². The van der Waals surface area contributed by atoms with E-state index in [0.717, 1.165) is 0 Å². The highest BCUT2D eigenvalue weighted by Crippen LogP contribution is 2.37. The quantitative estimate of drug-likeness (QED) is 0.292. The first kappa shape index (κ1) is 24.2. The fourth-order valence-electron chi connectivity index (χ4n) is 2.47. The number of amides is 1. The summed E-state index contributed by atoms with van der Waals surface area (Å²) in [4.78, 5) is 9.55. The van der Waals surface area contributed by atoms with E-state index >= 15 is 0 Å². The zero-order valence-electron chi connectivity index (χ0n) is 17.5. The van der Waals surface area contributed by atoms with E-state index in [4.69, 9.17) is 16.2 Å². The third-order valence-corrected chi connectivity index (χ3v) is 5.80. The molecule has 0 heterocycles. The summed E-state index contributed by atoms with van der Waals surface area (Å²) in [5, 5.41) is 10.7. The van der Waals surface area contributed by atoms with Gasteiger partial charge in [0.25, 0.3) is 0 Å². The van der Waals surface area contributed by atoms with Gasteiger partial charge < -0.3 is 16.2 Å². The Bertz CT molecular complexity index is 1220. The molecule has 0 bridgehead atoms. The number of nitrogen functional groups attached to an aromatic ring is 2. The number of nitrogens with zero attached hydrogens (tertiary/aromatic N) is 2. The van der Waals surface area contributed by atoms with Gasteiger partial charge in [-0.3, -0.25) is 10.2 Å². The van der Waals surface area contributed by atoms with E-state index in [1.54, 1.807) is 61.6 Å². The molecule has 0 spiro atoms. The van der Waals surface area contributed by atoms with E-state index in [-0.39, 0.29) is 32.7 Å². The number of rotatable bonds is 6. The number of hydrazine groups is 1. The van der Waals surface area contributed by atoms with Crippen LogP contribution in [-0.2, 0) is 14.6 Å². The molecule has 0 fully saturated rings. The van der Waals surface area contributed by atoms with E-state index in [9.17, 15) is 18.5 Å². The highest BCUT2D eigenvalue weighted by atomic mass is 32.2. The van der Waals surface area contributed by atoms with Gasteiger partial charge in [0.15, 0.2) is 5.75 Å². The lowest BCUT2D eigenvalue weighted by molar-refractivity contribution is -0.112. The fourth-order valence-corrected chi connectivity index (χ4v) is 3.80. The molecule has 3 rings (SSSR count). The summed E-state index contributed by atoms with van der Waals surface area (Å²) in [6.07, 6.45) is 0.625. The number of nitrogens with two attached hydrogens (primary N) is 2. The van der Waals surface area contributed by atoms with E-state index in [1.165, 1.54) is 24.3 Å². The molecule has 0 aliphatic carbocycles. The first-order chi connectivity index (χ1) is 15.2. The van der Waals surface area contributed by atoms with Crippen LogP contribution >= 0.6 is 0 Å². The van der Waals surface area contributed by atoms with Crippen LogP contribution in [0.3, 0.4) is 0 Å². The molecular weight excluding hydrogens is 430 g/mol. The number of benzene rings is 3. The maximum Gasteiger partial charge on any atom is 0.221 e. The number of anilines is 2. The van der Waals surface area contributed by atoms with Gasteiger partial charge in [-0.25, -0.2) is 13.4 Å². The number of carbonyl (C=O) groups excluding carboxylic acids is 1. The monoisotopic (exact) mass is 453 g/mol. The van der Waals surface area contributed by atoms with Crippen molar-refractivity contribution in [2.75, 3.05) is 25.6 Å². The first-order valence-corrected chi connectivity index (χ1v) is 10.7. The molecule has 32 heavy (non-hydrogen) atoms. The van der Waals surface area contributed by atoms with Crippen molar-refractivity contribution < 1.29 is 17.9 Å². The second kappa shape index (κ2) is 10.8. The number of carbonyl (C=O) groups is 1. The first-order valence-electron chi connectivity index (χ1n) is 9.24. The number of nitriles is 1. The Kier molecular flexibility index (Phi) is 8.17. The minimum atomic E-state index is -3.79. The van der Waals surface area contributed by atoms with Crippen molar-refractivity contribution in [3.8, 4) is 17.6 Å².